The summed E-state index contributed by atoms with van der Waals surface area (Å²) in [4.78, 5) is 26.4. The van der Waals surface area contributed by atoms with Crippen LogP contribution in [0.1, 0.15) is 170 Å². The number of hydrogen-bond acceptors (Lipinski definition) is 7. The Hall–Kier alpha value is -3.60. The average molecular weight is 800 g/mol. The molecule has 0 aromatic heterocycles. The van der Waals surface area contributed by atoms with E-state index in [4.69, 9.17) is 14.7 Å². The number of nitrogens with one attached hydrogen (secondary N) is 2. The topological polar surface area (TPSA) is 120 Å². The van der Waals surface area contributed by atoms with Crippen LogP contribution in [0.2, 0.25) is 0 Å². The van der Waals surface area contributed by atoms with Gasteiger partial charge < -0.3 is 24.8 Å². The van der Waals surface area contributed by atoms with Crippen LogP contribution < -0.4 is 10.8 Å². The van der Waals surface area contributed by atoms with Gasteiger partial charge in [0.05, 0.1) is 18.8 Å². The zero-order valence-corrected chi connectivity index (χ0v) is 35.6. The second-order valence-electron chi connectivity index (χ2n) is 16.2. The summed E-state index contributed by atoms with van der Waals surface area (Å²) in [5.74, 6) is -0.360. The fourth-order valence-electron chi connectivity index (χ4n) is 7.84. The number of hydroxylamine groups is 1. The fourth-order valence-corrected chi connectivity index (χ4v) is 7.84. The Balaban J connectivity index is 1.42. The van der Waals surface area contributed by atoms with Gasteiger partial charge in [-0.25, -0.2) is 5.48 Å². The number of nitrogens with zero attached hydrogens (tertiary/aromatic N) is 1. The number of unbranched alkanes of at least 4 members (excludes halogenated alkanes) is 13. The summed E-state index contributed by atoms with van der Waals surface area (Å²) in [5.41, 5.74) is 7.78. The number of benzene rings is 3. The first-order valence-electron chi connectivity index (χ1n) is 22.5. The molecule has 9 nitrogen and oxygen atoms in total. The number of aliphatic hydroxyl groups is 1. The van der Waals surface area contributed by atoms with Crippen molar-refractivity contribution in [3.05, 3.63) is 95.1 Å². The third-order valence-electron chi connectivity index (χ3n) is 11.3. The normalized spacial score (nSPS) is 16.7. The van der Waals surface area contributed by atoms with E-state index in [-0.39, 0.29) is 30.6 Å². The second kappa shape index (κ2) is 28.0. The van der Waals surface area contributed by atoms with Crippen LogP contribution in [0.5, 0.6) is 0 Å². The van der Waals surface area contributed by atoms with E-state index in [1.807, 2.05) is 24.3 Å². The van der Waals surface area contributed by atoms with Crippen LogP contribution in [0.25, 0.3) is 11.1 Å². The molecule has 3 aromatic carbocycles. The van der Waals surface area contributed by atoms with E-state index >= 15 is 0 Å². The lowest BCUT2D eigenvalue weighted by molar-refractivity contribution is -0.253. The van der Waals surface area contributed by atoms with E-state index < -0.39 is 6.29 Å². The molecule has 0 saturated carbocycles. The Morgan fingerprint density at radius 2 is 1.24 bits per heavy atom. The first kappa shape index (κ1) is 47.1. The lowest BCUT2D eigenvalue weighted by atomic mass is 9.98. The van der Waals surface area contributed by atoms with Gasteiger partial charge in [-0.05, 0) is 78.7 Å². The van der Waals surface area contributed by atoms with Crippen LogP contribution in [0.4, 0.5) is 0 Å². The fraction of sp³-hybridized carbons (Fsp3) is 0.592. The molecule has 1 heterocycles. The highest BCUT2D eigenvalue weighted by Crippen LogP contribution is 2.39. The van der Waals surface area contributed by atoms with Gasteiger partial charge in [0.15, 0.2) is 6.29 Å². The minimum Gasteiger partial charge on any atom is -0.392 e. The highest BCUT2D eigenvalue weighted by Gasteiger charge is 2.33. The quantitative estimate of drug-likeness (QED) is 0.0313. The predicted molar refractivity (Wildman–Crippen MR) is 233 cm³/mol. The van der Waals surface area contributed by atoms with Crippen molar-refractivity contribution in [2.24, 2.45) is 0 Å². The molecule has 4 rings (SSSR count). The van der Waals surface area contributed by atoms with Gasteiger partial charge in [-0.15, -0.1) is 0 Å². The molecular weight excluding hydrogens is 727 g/mol. The van der Waals surface area contributed by atoms with Crippen LogP contribution in [-0.2, 0) is 32.2 Å². The summed E-state index contributed by atoms with van der Waals surface area (Å²) in [6.45, 7) is 8.09. The van der Waals surface area contributed by atoms with Crippen molar-refractivity contribution in [2.45, 2.75) is 167 Å². The van der Waals surface area contributed by atoms with Gasteiger partial charge in [0.25, 0.3) is 0 Å². The lowest BCUT2D eigenvalue weighted by Gasteiger charge is -2.38. The van der Waals surface area contributed by atoms with Crippen molar-refractivity contribution in [3.63, 3.8) is 0 Å². The van der Waals surface area contributed by atoms with E-state index in [1.165, 1.54) is 77.0 Å². The van der Waals surface area contributed by atoms with Gasteiger partial charge in [-0.3, -0.25) is 14.8 Å². The minimum atomic E-state index is -0.527. The number of hydrogen-bond donors (Lipinski definition) is 4. The van der Waals surface area contributed by atoms with Crippen molar-refractivity contribution in [1.82, 2.24) is 15.7 Å². The molecule has 3 atom stereocenters. The number of aliphatic hydroxyl groups excluding tert-OH is 1. The number of rotatable bonds is 29. The van der Waals surface area contributed by atoms with Crippen LogP contribution >= 0.6 is 0 Å². The molecule has 4 N–H and O–H groups in total. The summed E-state index contributed by atoms with van der Waals surface area (Å²) in [5, 5.41) is 21.4. The lowest BCUT2D eigenvalue weighted by Crippen LogP contribution is -2.40. The summed E-state index contributed by atoms with van der Waals surface area (Å²) in [6.07, 6.45) is 19.5. The van der Waals surface area contributed by atoms with Crippen LogP contribution in [-0.4, -0.2) is 52.8 Å². The van der Waals surface area contributed by atoms with Gasteiger partial charge in [0, 0.05) is 37.9 Å². The Morgan fingerprint density at radius 3 is 1.88 bits per heavy atom. The molecule has 320 valence electrons. The van der Waals surface area contributed by atoms with E-state index in [1.54, 1.807) is 5.48 Å². The van der Waals surface area contributed by atoms with Gasteiger partial charge >= 0.3 is 0 Å². The third kappa shape index (κ3) is 17.7. The van der Waals surface area contributed by atoms with Crippen LogP contribution in [0, 0.1) is 0 Å². The molecule has 0 radical (unpaired) electrons. The van der Waals surface area contributed by atoms with E-state index in [9.17, 15) is 14.7 Å². The average Bonchev–Trinajstić information content (AvgIpc) is 3.26. The van der Waals surface area contributed by atoms with Gasteiger partial charge in [0.2, 0.25) is 11.8 Å². The van der Waals surface area contributed by atoms with Crippen LogP contribution in [0.3, 0.4) is 0 Å². The van der Waals surface area contributed by atoms with Crippen molar-refractivity contribution >= 4 is 11.8 Å². The van der Waals surface area contributed by atoms with Gasteiger partial charge in [-0.2, -0.15) is 0 Å². The zero-order valence-electron chi connectivity index (χ0n) is 35.6. The molecule has 1 saturated heterocycles. The van der Waals surface area contributed by atoms with Gasteiger partial charge in [-0.1, -0.05) is 152 Å². The molecule has 1 fully saturated rings. The minimum absolute atomic E-state index is 0.00445. The summed E-state index contributed by atoms with van der Waals surface area (Å²) < 4.78 is 13.7. The molecule has 0 unspecified atom stereocenters. The number of carbonyl (C=O) groups is 2. The second-order valence-corrected chi connectivity index (χ2v) is 16.2. The zero-order chi connectivity index (χ0) is 41.2. The summed E-state index contributed by atoms with van der Waals surface area (Å²) >= 11 is 0. The Kier molecular flexibility index (Phi) is 22.7. The Morgan fingerprint density at radius 1 is 0.655 bits per heavy atom. The van der Waals surface area contributed by atoms with Crippen molar-refractivity contribution in [2.75, 3.05) is 19.6 Å². The molecule has 1 aliphatic heterocycles. The van der Waals surface area contributed by atoms with E-state index in [0.29, 0.717) is 25.8 Å². The standard InChI is InChI=1S/C49H73N3O6/c1-3-5-7-9-13-17-31-52(32-18-14-10-8-6-4-2)37-45-35-46(41-29-27-39(38-53)28-30-41)58-49(57-45)44-24-20-23-43(34-44)42-22-19-21-40(33-42)36-50-47(54)25-15-11-12-16-26-48(55)51-56/h19-24,27-30,33-34,45-46,49,53,56H,3-18,25-26,31-32,35-38H2,1-2H3,(H,50,54)(H,51,55)/t45-,46+,49+/m0/s1. The smallest absolute Gasteiger partial charge is 0.243 e. The number of carbonyl (C=O) groups excluding carboxylic acids is 2. The molecule has 0 aliphatic carbocycles. The van der Waals surface area contributed by atoms with E-state index in [0.717, 1.165) is 78.7 Å². The molecule has 9 heteroatoms. The SMILES string of the molecule is CCCCCCCCN(CCCCCCCC)C[C@@H]1C[C@H](c2ccc(CO)cc2)O[C@H](c2cccc(-c3cccc(CNC(=O)CCCCCCC(=O)NO)c3)c2)O1. The predicted octanol–water partition coefficient (Wildman–Crippen LogP) is 10.9. The monoisotopic (exact) mass is 800 g/mol. The van der Waals surface area contributed by atoms with Crippen LogP contribution in [0.15, 0.2) is 72.8 Å². The van der Waals surface area contributed by atoms with Crippen molar-refractivity contribution in [1.29, 1.82) is 0 Å². The third-order valence-corrected chi connectivity index (χ3v) is 11.3. The molecule has 0 spiro atoms. The molecule has 58 heavy (non-hydrogen) atoms. The maximum atomic E-state index is 12.6. The first-order valence-corrected chi connectivity index (χ1v) is 22.5. The molecule has 1 aliphatic rings. The Labute approximate surface area is 349 Å². The highest BCUT2D eigenvalue weighted by atomic mass is 16.7. The molecule has 2 amide bonds. The first-order chi connectivity index (χ1) is 28.4. The number of ether oxygens (including phenoxy) is 2. The molecular formula is C49H73N3O6. The molecule has 3 aromatic rings. The summed E-state index contributed by atoms with van der Waals surface area (Å²) in [7, 11) is 0. The van der Waals surface area contributed by atoms with E-state index in [2.05, 4.69) is 72.6 Å². The Bertz CT molecular complexity index is 1570. The summed E-state index contributed by atoms with van der Waals surface area (Å²) in [6, 6.07) is 24.9. The van der Waals surface area contributed by atoms with Crippen molar-refractivity contribution < 1.29 is 29.4 Å². The maximum absolute atomic E-state index is 12.6. The largest absolute Gasteiger partial charge is 0.392 e. The number of amides is 2. The molecule has 0 bridgehead atoms. The maximum Gasteiger partial charge on any atom is 0.243 e. The van der Waals surface area contributed by atoms with Crippen molar-refractivity contribution in [3.8, 4) is 11.1 Å². The highest BCUT2D eigenvalue weighted by molar-refractivity contribution is 5.76. The van der Waals surface area contributed by atoms with Gasteiger partial charge in [0.1, 0.15) is 0 Å².